The lowest BCUT2D eigenvalue weighted by Crippen LogP contribution is -2.44. The fourth-order valence-electron chi connectivity index (χ4n) is 2.29. The highest BCUT2D eigenvalue weighted by Crippen LogP contribution is 2.09. The summed E-state index contributed by atoms with van der Waals surface area (Å²) in [5.74, 6) is 0.447. The van der Waals surface area contributed by atoms with Crippen LogP contribution in [0.5, 0.6) is 0 Å². The van der Waals surface area contributed by atoms with Crippen LogP contribution in [-0.4, -0.2) is 48.6 Å². The smallest absolute Gasteiger partial charge is 0.251 e. The first kappa shape index (κ1) is 17.3. The van der Waals surface area contributed by atoms with Crippen LogP contribution in [0, 0.1) is 0 Å². The highest BCUT2D eigenvalue weighted by molar-refractivity contribution is 5.94. The van der Waals surface area contributed by atoms with E-state index >= 15 is 0 Å². The molecule has 1 fully saturated rings. The van der Waals surface area contributed by atoms with E-state index in [-0.39, 0.29) is 11.4 Å². The van der Waals surface area contributed by atoms with Gasteiger partial charge in [0.15, 0.2) is 5.96 Å². The molecular formula is C17H26N4O2. The van der Waals surface area contributed by atoms with E-state index in [1.807, 2.05) is 43.9 Å². The Balaban J connectivity index is 2.00. The number of ether oxygens (including phenoxy) is 1. The van der Waals surface area contributed by atoms with Gasteiger partial charge in [-0.05, 0) is 38.5 Å². The van der Waals surface area contributed by atoms with E-state index < -0.39 is 0 Å². The molecule has 0 aromatic heterocycles. The second kappa shape index (κ2) is 7.46. The minimum atomic E-state index is -0.258. The van der Waals surface area contributed by atoms with Gasteiger partial charge in [-0.3, -0.25) is 4.79 Å². The number of benzene rings is 1. The van der Waals surface area contributed by atoms with E-state index in [2.05, 4.69) is 10.3 Å². The van der Waals surface area contributed by atoms with Gasteiger partial charge in [-0.1, -0.05) is 12.1 Å². The van der Waals surface area contributed by atoms with Gasteiger partial charge < -0.3 is 20.7 Å². The van der Waals surface area contributed by atoms with E-state index in [9.17, 15) is 4.79 Å². The monoisotopic (exact) mass is 318 g/mol. The minimum Gasteiger partial charge on any atom is -0.378 e. The van der Waals surface area contributed by atoms with Crippen LogP contribution in [-0.2, 0) is 11.3 Å². The average molecular weight is 318 g/mol. The molecule has 0 saturated carbocycles. The van der Waals surface area contributed by atoms with Crippen LogP contribution in [0.3, 0.4) is 0 Å². The molecule has 1 heterocycles. The number of morpholine rings is 1. The molecule has 1 aromatic rings. The number of amides is 1. The van der Waals surface area contributed by atoms with E-state index in [1.54, 1.807) is 6.07 Å². The summed E-state index contributed by atoms with van der Waals surface area (Å²) in [4.78, 5) is 18.6. The molecule has 2 rings (SSSR count). The van der Waals surface area contributed by atoms with Crippen LogP contribution >= 0.6 is 0 Å². The molecule has 0 spiro atoms. The Labute approximate surface area is 137 Å². The van der Waals surface area contributed by atoms with Crippen LogP contribution in [0.25, 0.3) is 0 Å². The van der Waals surface area contributed by atoms with Crippen molar-refractivity contribution < 1.29 is 9.53 Å². The van der Waals surface area contributed by atoms with Crippen LogP contribution in [0.4, 0.5) is 0 Å². The fourth-order valence-corrected chi connectivity index (χ4v) is 2.29. The number of hydrogen-bond acceptors (Lipinski definition) is 3. The Morgan fingerprint density at radius 1 is 1.35 bits per heavy atom. The normalized spacial score (nSPS) is 16.3. The lowest BCUT2D eigenvalue weighted by atomic mass is 10.1. The predicted octanol–water partition coefficient (Wildman–Crippen LogP) is 1.36. The summed E-state index contributed by atoms with van der Waals surface area (Å²) >= 11 is 0. The molecule has 1 amide bonds. The zero-order valence-electron chi connectivity index (χ0n) is 14.1. The molecule has 0 radical (unpaired) electrons. The Hall–Kier alpha value is -2.08. The number of carbonyl (C=O) groups is 1. The van der Waals surface area contributed by atoms with Crippen LogP contribution in [0.1, 0.15) is 36.7 Å². The lowest BCUT2D eigenvalue weighted by Gasteiger charge is -2.27. The molecule has 126 valence electrons. The summed E-state index contributed by atoms with van der Waals surface area (Å²) in [5, 5.41) is 2.96. The number of hydrogen-bond donors (Lipinski definition) is 2. The van der Waals surface area contributed by atoms with Gasteiger partial charge in [-0.25, -0.2) is 4.99 Å². The van der Waals surface area contributed by atoms with E-state index in [4.69, 9.17) is 10.5 Å². The molecule has 0 aliphatic carbocycles. The third-order valence-electron chi connectivity index (χ3n) is 3.44. The zero-order chi connectivity index (χ0) is 16.9. The maximum atomic E-state index is 12.2. The Kier molecular flexibility index (Phi) is 5.60. The summed E-state index contributed by atoms with van der Waals surface area (Å²) in [5.41, 5.74) is 7.36. The van der Waals surface area contributed by atoms with Gasteiger partial charge in [0.2, 0.25) is 0 Å². The molecule has 1 aromatic carbocycles. The van der Waals surface area contributed by atoms with Crippen LogP contribution < -0.4 is 11.1 Å². The van der Waals surface area contributed by atoms with Crippen molar-refractivity contribution in [3.8, 4) is 0 Å². The molecule has 1 aliphatic heterocycles. The number of nitrogens with one attached hydrogen (secondary N) is 1. The number of rotatable bonds is 3. The molecule has 23 heavy (non-hydrogen) atoms. The van der Waals surface area contributed by atoms with Crippen molar-refractivity contribution in [1.29, 1.82) is 0 Å². The first-order chi connectivity index (χ1) is 10.8. The number of aliphatic imine (C=N–C) groups is 1. The maximum Gasteiger partial charge on any atom is 0.251 e. The summed E-state index contributed by atoms with van der Waals surface area (Å²) in [7, 11) is 0. The van der Waals surface area contributed by atoms with Crippen LogP contribution in [0.15, 0.2) is 29.3 Å². The lowest BCUT2D eigenvalue weighted by molar-refractivity contribution is 0.0674. The minimum absolute atomic E-state index is 0.0792. The molecular weight excluding hydrogens is 292 g/mol. The summed E-state index contributed by atoms with van der Waals surface area (Å²) in [6, 6.07) is 7.48. The van der Waals surface area contributed by atoms with Crippen molar-refractivity contribution in [3.63, 3.8) is 0 Å². The number of carbonyl (C=O) groups excluding carboxylic acids is 1. The van der Waals surface area contributed by atoms with E-state index in [1.165, 1.54) is 0 Å². The summed E-state index contributed by atoms with van der Waals surface area (Å²) in [6.07, 6.45) is 0. The molecule has 0 atom stereocenters. The van der Waals surface area contributed by atoms with Crippen molar-refractivity contribution >= 4 is 11.9 Å². The molecule has 1 aliphatic rings. The highest BCUT2D eigenvalue weighted by Gasteiger charge is 2.15. The molecule has 0 unspecified atom stereocenters. The summed E-state index contributed by atoms with van der Waals surface area (Å²) in [6.45, 7) is 9.23. The first-order valence-electron chi connectivity index (χ1n) is 7.89. The number of nitrogens with zero attached hydrogens (tertiary/aromatic N) is 2. The zero-order valence-corrected chi connectivity index (χ0v) is 14.1. The van der Waals surface area contributed by atoms with E-state index in [0.717, 1.165) is 18.7 Å². The van der Waals surface area contributed by atoms with Gasteiger partial charge in [0.1, 0.15) is 0 Å². The Morgan fingerprint density at radius 2 is 2.04 bits per heavy atom. The Morgan fingerprint density at radius 3 is 2.70 bits per heavy atom. The standard InChI is InChI=1S/C17H26N4O2/c1-17(2,3)20-15(22)14-6-4-5-13(11-14)12-19-16(18)21-7-9-23-10-8-21/h4-6,11H,7-10,12H2,1-3H3,(H2,18,19)(H,20,22). The van der Waals surface area contributed by atoms with Gasteiger partial charge in [-0.2, -0.15) is 0 Å². The maximum absolute atomic E-state index is 12.2. The second-order valence-corrected chi connectivity index (χ2v) is 6.68. The number of nitrogens with two attached hydrogens (primary N) is 1. The SMILES string of the molecule is CC(C)(C)NC(=O)c1cccc(CN=C(N)N2CCOCC2)c1. The van der Waals surface area contributed by atoms with Crippen molar-refractivity contribution in [2.75, 3.05) is 26.3 Å². The van der Waals surface area contributed by atoms with Crippen molar-refractivity contribution in [3.05, 3.63) is 35.4 Å². The van der Waals surface area contributed by atoms with Crippen molar-refractivity contribution in [2.45, 2.75) is 32.9 Å². The summed E-state index contributed by atoms with van der Waals surface area (Å²) < 4.78 is 5.30. The van der Waals surface area contributed by atoms with Gasteiger partial charge in [0.25, 0.3) is 5.91 Å². The van der Waals surface area contributed by atoms with Crippen LogP contribution in [0.2, 0.25) is 0 Å². The molecule has 6 nitrogen and oxygen atoms in total. The van der Waals surface area contributed by atoms with Gasteiger partial charge >= 0.3 is 0 Å². The first-order valence-corrected chi connectivity index (χ1v) is 7.89. The third-order valence-corrected chi connectivity index (χ3v) is 3.44. The highest BCUT2D eigenvalue weighted by atomic mass is 16.5. The second-order valence-electron chi connectivity index (χ2n) is 6.68. The Bertz CT molecular complexity index is 572. The molecule has 1 saturated heterocycles. The predicted molar refractivity (Wildman–Crippen MR) is 91.4 cm³/mol. The average Bonchev–Trinajstić information content (AvgIpc) is 2.52. The van der Waals surface area contributed by atoms with Crippen molar-refractivity contribution in [1.82, 2.24) is 10.2 Å². The van der Waals surface area contributed by atoms with Gasteiger partial charge in [-0.15, -0.1) is 0 Å². The van der Waals surface area contributed by atoms with Gasteiger partial charge in [0, 0.05) is 24.2 Å². The quantitative estimate of drug-likeness (QED) is 0.651. The third kappa shape index (κ3) is 5.56. The largest absolute Gasteiger partial charge is 0.378 e. The van der Waals surface area contributed by atoms with Crippen molar-refractivity contribution in [2.24, 2.45) is 10.7 Å². The molecule has 3 N–H and O–H groups in total. The van der Waals surface area contributed by atoms with E-state index in [0.29, 0.717) is 31.3 Å². The molecule has 6 heteroatoms. The fraction of sp³-hybridized carbons (Fsp3) is 0.529. The molecule has 0 bridgehead atoms. The topological polar surface area (TPSA) is 80.0 Å². The van der Waals surface area contributed by atoms with Gasteiger partial charge in [0.05, 0.1) is 19.8 Å². The number of guanidine groups is 1.